The average Bonchev–Trinajstić information content (AvgIpc) is 2.64. The molecule has 0 radical (unpaired) electrons. The van der Waals surface area contributed by atoms with Gasteiger partial charge in [-0.05, 0) is 18.4 Å². The molecule has 0 spiro atoms. The smallest absolute Gasteiger partial charge is 0.326 e. The molecule has 29 heavy (non-hydrogen) atoms. The van der Waals surface area contributed by atoms with Crippen LogP contribution in [0.2, 0.25) is 0 Å². The Labute approximate surface area is 165 Å². The van der Waals surface area contributed by atoms with Crippen LogP contribution in [-0.2, 0) is 30.4 Å². The van der Waals surface area contributed by atoms with E-state index in [4.69, 9.17) is 21.1 Å². The van der Waals surface area contributed by atoms with Gasteiger partial charge in [0, 0.05) is 6.42 Å². The van der Waals surface area contributed by atoms with Gasteiger partial charge in [-0.25, -0.2) is 4.79 Å². The zero-order chi connectivity index (χ0) is 22.0. The first-order valence-electron chi connectivity index (χ1n) is 8.66. The number of rotatable bonds is 12. The lowest BCUT2D eigenvalue weighted by Crippen LogP contribution is -2.55. The number of nitrogens with two attached hydrogens (primary N) is 1. The Bertz CT molecular complexity index is 753. The number of hydrogen-bond acceptors (Lipinski definition) is 6. The number of hydrogen-bond donors (Lipinski definition) is 6. The van der Waals surface area contributed by atoms with Gasteiger partial charge >= 0.3 is 17.9 Å². The first-order valence-corrected chi connectivity index (χ1v) is 8.66. The molecule has 2 amide bonds. The van der Waals surface area contributed by atoms with Crippen LogP contribution >= 0.6 is 0 Å². The molecule has 0 aliphatic rings. The van der Waals surface area contributed by atoms with E-state index in [1.165, 1.54) is 0 Å². The maximum Gasteiger partial charge on any atom is 0.326 e. The Morgan fingerprint density at radius 3 is 1.97 bits per heavy atom. The van der Waals surface area contributed by atoms with Crippen molar-refractivity contribution in [3.05, 3.63) is 35.9 Å². The van der Waals surface area contributed by atoms with Gasteiger partial charge in [0.05, 0.1) is 12.5 Å². The van der Waals surface area contributed by atoms with Crippen molar-refractivity contribution in [3.63, 3.8) is 0 Å². The normalized spacial score (nSPS) is 13.6. The second-order valence-corrected chi connectivity index (χ2v) is 6.29. The predicted molar refractivity (Wildman–Crippen MR) is 98.7 cm³/mol. The van der Waals surface area contributed by atoms with E-state index in [2.05, 4.69) is 5.32 Å². The van der Waals surface area contributed by atoms with E-state index in [9.17, 15) is 24.0 Å². The van der Waals surface area contributed by atoms with Crippen LogP contribution in [0, 0.1) is 0 Å². The van der Waals surface area contributed by atoms with Crippen molar-refractivity contribution in [3.8, 4) is 0 Å². The third-order valence-corrected chi connectivity index (χ3v) is 3.91. The molecule has 158 valence electrons. The maximum absolute atomic E-state index is 12.4. The minimum absolute atomic E-state index is 0.163. The molecular weight excluding hydrogens is 386 g/mol. The molecule has 3 atom stereocenters. The highest BCUT2D eigenvalue weighted by atomic mass is 16.4. The number of carbonyl (C=O) groups excluding carboxylic acids is 2. The third kappa shape index (κ3) is 8.84. The molecule has 1 aromatic carbocycles. The van der Waals surface area contributed by atoms with Gasteiger partial charge in [-0.1, -0.05) is 30.3 Å². The fourth-order valence-electron chi connectivity index (χ4n) is 2.42. The topological polar surface area (TPSA) is 196 Å². The first kappa shape index (κ1) is 23.6. The molecule has 0 saturated heterocycles. The van der Waals surface area contributed by atoms with E-state index in [-0.39, 0.29) is 12.8 Å². The molecule has 7 N–H and O–H groups in total. The van der Waals surface area contributed by atoms with Crippen molar-refractivity contribution >= 4 is 29.7 Å². The molecular formula is C18H23N3O8. The van der Waals surface area contributed by atoms with Crippen LogP contribution in [0.1, 0.15) is 24.8 Å². The fourth-order valence-corrected chi connectivity index (χ4v) is 2.42. The Morgan fingerprint density at radius 1 is 0.862 bits per heavy atom. The largest absolute Gasteiger partial charge is 0.481 e. The van der Waals surface area contributed by atoms with E-state index in [1.807, 2.05) is 5.32 Å². The molecule has 0 aromatic heterocycles. The molecule has 1 rings (SSSR count). The Kier molecular flexibility index (Phi) is 9.26. The van der Waals surface area contributed by atoms with Crippen LogP contribution in [0.4, 0.5) is 0 Å². The highest BCUT2D eigenvalue weighted by Gasteiger charge is 2.29. The van der Waals surface area contributed by atoms with Crippen LogP contribution in [0.15, 0.2) is 30.3 Å². The Balaban J connectivity index is 2.82. The molecule has 11 heteroatoms. The lowest BCUT2D eigenvalue weighted by molar-refractivity contribution is -0.147. The summed E-state index contributed by atoms with van der Waals surface area (Å²) in [5.41, 5.74) is 6.61. The van der Waals surface area contributed by atoms with Gasteiger partial charge in [-0.3, -0.25) is 19.2 Å². The summed E-state index contributed by atoms with van der Waals surface area (Å²) >= 11 is 0. The fraction of sp³-hybridized carbons (Fsp3) is 0.389. The summed E-state index contributed by atoms with van der Waals surface area (Å²) < 4.78 is 0. The van der Waals surface area contributed by atoms with Gasteiger partial charge < -0.3 is 31.7 Å². The molecule has 0 unspecified atom stereocenters. The number of aliphatic carboxylic acids is 3. The molecule has 11 nitrogen and oxygen atoms in total. The van der Waals surface area contributed by atoms with Crippen molar-refractivity contribution in [2.45, 2.75) is 43.8 Å². The number of benzene rings is 1. The van der Waals surface area contributed by atoms with Gasteiger partial charge in [0.15, 0.2) is 0 Å². The zero-order valence-corrected chi connectivity index (χ0v) is 15.4. The SMILES string of the molecule is N[C@@H](Cc1ccccc1)C(=O)N[C@@H](CCC(=O)O)C(=O)N[C@@H](CC(=O)O)C(=O)O. The first-order chi connectivity index (χ1) is 13.6. The minimum atomic E-state index is -1.73. The number of carboxylic acids is 3. The molecule has 0 aliphatic carbocycles. The molecule has 0 saturated carbocycles. The summed E-state index contributed by atoms with van der Waals surface area (Å²) in [4.78, 5) is 57.4. The number of amides is 2. The predicted octanol–water partition coefficient (Wildman–Crippen LogP) is -1.05. The van der Waals surface area contributed by atoms with Crippen LogP contribution in [0.3, 0.4) is 0 Å². The summed E-state index contributed by atoms with van der Waals surface area (Å²) in [5.74, 6) is -6.01. The van der Waals surface area contributed by atoms with Crippen LogP contribution in [-0.4, -0.2) is 63.2 Å². The molecule has 0 bridgehead atoms. The standard InChI is InChI=1S/C18H23N3O8/c19-11(8-10-4-2-1-3-5-10)16(26)20-12(6-7-14(22)23)17(27)21-13(18(28)29)9-15(24)25/h1-5,11-13H,6-9,19H2,(H,20,26)(H,21,27)(H,22,23)(H,24,25)(H,28,29)/t11-,12-,13-/m0/s1. The summed E-state index contributed by atoms with van der Waals surface area (Å²) in [7, 11) is 0. The Hall–Kier alpha value is -3.47. The van der Waals surface area contributed by atoms with Gasteiger partial charge in [0.25, 0.3) is 0 Å². The molecule has 1 aromatic rings. The Morgan fingerprint density at radius 2 is 1.45 bits per heavy atom. The third-order valence-electron chi connectivity index (χ3n) is 3.91. The van der Waals surface area contributed by atoms with E-state index >= 15 is 0 Å². The molecule has 0 fully saturated rings. The highest BCUT2D eigenvalue weighted by Crippen LogP contribution is 2.05. The number of nitrogens with one attached hydrogen (secondary N) is 2. The van der Waals surface area contributed by atoms with Crippen molar-refractivity contribution in [2.75, 3.05) is 0 Å². The quantitative estimate of drug-likeness (QED) is 0.249. The minimum Gasteiger partial charge on any atom is -0.481 e. The van der Waals surface area contributed by atoms with Gasteiger partial charge in [-0.15, -0.1) is 0 Å². The van der Waals surface area contributed by atoms with Crippen molar-refractivity contribution in [1.82, 2.24) is 10.6 Å². The van der Waals surface area contributed by atoms with Crippen LogP contribution in [0.25, 0.3) is 0 Å². The lowest BCUT2D eigenvalue weighted by Gasteiger charge is -2.22. The lowest BCUT2D eigenvalue weighted by atomic mass is 10.0. The van der Waals surface area contributed by atoms with E-state index in [1.54, 1.807) is 30.3 Å². The highest BCUT2D eigenvalue weighted by molar-refractivity contribution is 5.93. The van der Waals surface area contributed by atoms with E-state index < -0.39 is 60.7 Å². The second-order valence-electron chi connectivity index (χ2n) is 6.29. The molecule has 0 aliphatic heterocycles. The number of carboxylic acid groups (broad SMARTS) is 3. The average molecular weight is 409 g/mol. The van der Waals surface area contributed by atoms with Crippen molar-refractivity contribution in [2.24, 2.45) is 5.73 Å². The van der Waals surface area contributed by atoms with Crippen LogP contribution < -0.4 is 16.4 Å². The van der Waals surface area contributed by atoms with Gasteiger partial charge in [0.2, 0.25) is 11.8 Å². The summed E-state index contributed by atoms with van der Waals surface area (Å²) in [5, 5.41) is 30.9. The van der Waals surface area contributed by atoms with Crippen molar-refractivity contribution < 1.29 is 39.3 Å². The summed E-state index contributed by atoms with van der Waals surface area (Å²) in [6, 6.07) is 4.66. The maximum atomic E-state index is 12.4. The summed E-state index contributed by atoms with van der Waals surface area (Å²) in [6.45, 7) is 0. The van der Waals surface area contributed by atoms with E-state index in [0.29, 0.717) is 0 Å². The van der Waals surface area contributed by atoms with Crippen molar-refractivity contribution in [1.29, 1.82) is 0 Å². The van der Waals surface area contributed by atoms with E-state index in [0.717, 1.165) is 5.56 Å². The summed E-state index contributed by atoms with van der Waals surface area (Å²) in [6.07, 6.45) is -1.53. The van der Waals surface area contributed by atoms with Gasteiger partial charge in [0.1, 0.15) is 12.1 Å². The monoisotopic (exact) mass is 409 g/mol. The zero-order valence-electron chi connectivity index (χ0n) is 15.4. The second kappa shape index (κ2) is 11.4. The number of carbonyl (C=O) groups is 5. The van der Waals surface area contributed by atoms with Gasteiger partial charge in [-0.2, -0.15) is 0 Å². The molecule has 0 heterocycles. The van der Waals surface area contributed by atoms with Crippen LogP contribution in [0.5, 0.6) is 0 Å².